The van der Waals surface area contributed by atoms with Gasteiger partial charge in [0, 0.05) is 5.56 Å². The van der Waals surface area contributed by atoms with Crippen LogP contribution in [0.3, 0.4) is 0 Å². The van der Waals surface area contributed by atoms with Gasteiger partial charge < -0.3 is 9.47 Å². The van der Waals surface area contributed by atoms with E-state index in [1.165, 1.54) is 7.11 Å². The maximum Gasteiger partial charge on any atom is 0.418 e. The first kappa shape index (κ1) is 12.1. The van der Waals surface area contributed by atoms with Gasteiger partial charge in [-0.3, -0.25) is 9.59 Å². The molecule has 6 nitrogen and oxygen atoms in total. The number of amides is 2. The number of esters is 1. The summed E-state index contributed by atoms with van der Waals surface area (Å²) in [5, 5.41) is 0. The number of hydrogen-bond acceptors (Lipinski definition) is 5. The molecule has 6 heteroatoms. The average molecular weight is 249 g/mol. The van der Waals surface area contributed by atoms with Crippen molar-refractivity contribution in [3.05, 3.63) is 35.9 Å². The maximum atomic E-state index is 11.9. The van der Waals surface area contributed by atoms with Gasteiger partial charge in [-0.1, -0.05) is 30.3 Å². The van der Waals surface area contributed by atoms with Crippen LogP contribution in [-0.2, 0) is 19.1 Å². The quantitative estimate of drug-likeness (QED) is 0.743. The third-order valence-corrected chi connectivity index (χ3v) is 2.55. The van der Waals surface area contributed by atoms with Crippen LogP contribution in [0.25, 0.3) is 0 Å². The van der Waals surface area contributed by atoms with E-state index in [9.17, 15) is 14.4 Å². The Balaban J connectivity index is 2.17. The molecule has 94 valence electrons. The Kier molecular flexibility index (Phi) is 3.27. The van der Waals surface area contributed by atoms with Crippen molar-refractivity contribution in [1.82, 2.24) is 4.90 Å². The summed E-state index contributed by atoms with van der Waals surface area (Å²) < 4.78 is 9.36. The van der Waals surface area contributed by atoms with Gasteiger partial charge in [-0.25, -0.2) is 9.69 Å². The van der Waals surface area contributed by atoms with E-state index >= 15 is 0 Å². The molecule has 2 amide bonds. The van der Waals surface area contributed by atoms with Gasteiger partial charge in [0.25, 0.3) is 5.91 Å². The first-order valence-electron chi connectivity index (χ1n) is 5.27. The van der Waals surface area contributed by atoms with Gasteiger partial charge in [0.2, 0.25) is 6.10 Å². The van der Waals surface area contributed by atoms with Gasteiger partial charge in [0.1, 0.15) is 6.54 Å². The van der Waals surface area contributed by atoms with Gasteiger partial charge in [0.15, 0.2) is 0 Å². The van der Waals surface area contributed by atoms with Crippen LogP contribution in [0, 0.1) is 0 Å². The van der Waals surface area contributed by atoms with Crippen LogP contribution in [0.2, 0.25) is 0 Å². The van der Waals surface area contributed by atoms with Gasteiger partial charge in [-0.2, -0.15) is 0 Å². The van der Waals surface area contributed by atoms with Gasteiger partial charge in [-0.05, 0) is 0 Å². The molecule has 18 heavy (non-hydrogen) atoms. The van der Waals surface area contributed by atoms with E-state index in [-0.39, 0.29) is 0 Å². The van der Waals surface area contributed by atoms with Crippen molar-refractivity contribution >= 4 is 18.0 Å². The monoisotopic (exact) mass is 249 g/mol. The summed E-state index contributed by atoms with van der Waals surface area (Å²) in [6.45, 7) is -0.433. The fourth-order valence-electron chi connectivity index (χ4n) is 1.62. The fourth-order valence-corrected chi connectivity index (χ4v) is 1.62. The van der Waals surface area contributed by atoms with Crippen molar-refractivity contribution in [2.24, 2.45) is 0 Å². The molecule has 1 saturated heterocycles. The van der Waals surface area contributed by atoms with E-state index in [1.54, 1.807) is 30.3 Å². The molecule has 0 radical (unpaired) electrons. The Morgan fingerprint density at radius 1 is 1.33 bits per heavy atom. The second-order valence-electron chi connectivity index (χ2n) is 3.67. The number of hydrogen-bond donors (Lipinski definition) is 0. The topological polar surface area (TPSA) is 72.9 Å². The van der Waals surface area contributed by atoms with Crippen molar-refractivity contribution in [2.75, 3.05) is 13.7 Å². The molecule has 0 saturated carbocycles. The van der Waals surface area contributed by atoms with E-state index in [1.807, 2.05) is 0 Å². The summed E-state index contributed by atoms with van der Waals surface area (Å²) in [7, 11) is 1.18. The normalized spacial score (nSPS) is 18.7. The van der Waals surface area contributed by atoms with Crippen molar-refractivity contribution in [1.29, 1.82) is 0 Å². The zero-order chi connectivity index (χ0) is 13.1. The molecule has 1 heterocycles. The van der Waals surface area contributed by atoms with Gasteiger partial charge in [-0.15, -0.1) is 0 Å². The maximum absolute atomic E-state index is 11.9. The third kappa shape index (κ3) is 2.17. The zero-order valence-electron chi connectivity index (χ0n) is 9.66. The first-order valence-corrected chi connectivity index (χ1v) is 5.27. The number of rotatable bonds is 3. The standard InChI is InChI=1S/C12H11NO5/c1-17-9(14)7-13-11(15)10(18-12(13)16)8-5-3-2-4-6-8/h2-6,10H,7H2,1H3/t10-/m0/s1. The summed E-state index contributed by atoms with van der Waals surface area (Å²) in [4.78, 5) is 35.3. The predicted molar refractivity (Wildman–Crippen MR) is 59.4 cm³/mol. The van der Waals surface area contributed by atoms with Crippen molar-refractivity contribution in [3.8, 4) is 0 Å². The minimum absolute atomic E-state index is 0.433. The Labute approximate surface area is 103 Å². The predicted octanol–water partition coefficient (Wildman–Crippen LogP) is 0.879. The van der Waals surface area contributed by atoms with Crippen molar-refractivity contribution in [3.63, 3.8) is 0 Å². The third-order valence-electron chi connectivity index (χ3n) is 2.55. The lowest BCUT2D eigenvalue weighted by Crippen LogP contribution is -2.35. The van der Waals surface area contributed by atoms with Crippen LogP contribution in [0.5, 0.6) is 0 Å². The summed E-state index contributed by atoms with van der Waals surface area (Å²) in [6.07, 6.45) is -1.82. The highest BCUT2D eigenvalue weighted by Gasteiger charge is 2.42. The Morgan fingerprint density at radius 3 is 2.61 bits per heavy atom. The fraction of sp³-hybridized carbons (Fsp3) is 0.250. The molecular weight excluding hydrogens is 238 g/mol. The number of carbonyl (C=O) groups excluding carboxylic acids is 3. The van der Waals surface area contributed by atoms with Crippen LogP contribution in [0.1, 0.15) is 11.7 Å². The average Bonchev–Trinajstić information content (AvgIpc) is 2.67. The Morgan fingerprint density at radius 2 is 2.00 bits per heavy atom. The van der Waals surface area contributed by atoms with E-state index < -0.39 is 30.6 Å². The molecule has 0 aliphatic carbocycles. The first-order chi connectivity index (χ1) is 8.63. The van der Waals surface area contributed by atoms with Crippen LogP contribution in [0.15, 0.2) is 30.3 Å². The summed E-state index contributed by atoms with van der Waals surface area (Å²) in [6, 6.07) is 8.62. The molecule has 0 spiro atoms. The zero-order valence-corrected chi connectivity index (χ0v) is 9.66. The lowest BCUT2D eigenvalue weighted by molar-refractivity contribution is -0.144. The minimum Gasteiger partial charge on any atom is -0.468 e. The van der Waals surface area contributed by atoms with Gasteiger partial charge in [0.05, 0.1) is 7.11 Å². The minimum atomic E-state index is -0.983. The SMILES string of the molecule is COC(=O)CN1C(=O)O[C@@H](c2ccccc2)C1=O. The molecule has 1 atom stereocenters. The number of cyclic esters (lactones) is 1. The largest absolute Gasteiger partial charge is 0.468 e. The molecule has 0 bridgehead atoms. The molecule has 1 fully saturated rings. The Hall–Kier alpha value is -2.37. The van der Waals surface area contributed by atoms with E-state index in [2.05, 4.69) is 4.74 Å². The Bertz CT molecular complexity index is 485. The highest BCUT2D eigenvalue weighted by atomic mass is 16.6. The lowest BCUT2D eigenvalue weighted by atomic mass is 10.1. The molecule has 1 aliphatic rings. The van der Waals surface area contributed by atoms with Crippen LogP contribution >= 0.6 is 0 Å². The van der Waals surface area contributed by atoms with Crippen molar-refractivity contribution in [2.45, 2.75) is 6.10 Å². The molecule has 1 aromatic carbocycles. The number of benzene rings is 1. The van der Waals surface area contributed by atoms with Crippen LogP contribution in [0.4, 0.5) is 4.79 Å². The molecular formula is C12H11NO5. The molecule has 0 N–H and O–H groups in total. The smallest absolute Gasteiger partial charge is 0.418 e. The lowest BCUT2D eigenvalue weighted by Gasteiger charge is -2.09. The van der Waals surface area contributed by atoms with E-state index in [4.69, 9.17) is 4.74 Å². The highest BCUT2D eigenvalue weighted by Crippen LogP contribution is 2.27. The molecule has 1 aromatic rings. The van der Waals surface area contributed by atoms with Crippen LogP contribution < -0.4 is 0 Å². The molecule has 2 rings (SSSR count). The van der Waals surface area contributed by atoms with E-state index in [0.717, 1.165) is 4.90 Å². The second-order valence-corrected chi connectivity index (χ2v) is 3.67. The number of carbonyl (C=O) groups is 3. The summed E-state index contributed by atoms with van der Waals surface area (Å²) in [5.74, 6) is -1.23. The van der Waals surface area contributed by atoms with Crippen LogP contribution in [-0.4, -0.2) is 36.5 Å². The van der Waals surface area contributed by atoms with Crippen molar-refractivity contribution < 1.29 is 23.9 Å². The molecule has 0 unspecified atom stereocenters. The molecule has 1 aliphatic heterocycles. The number of nitrogens with zero attached hydrogens (tertiary/aromatic N) is 1. The number of methoxy groups -OCH3 is 1. The number of imide groups is 1. The summed E-state index contributed by atoms with van der Waals surface area (Å²) in [5.41, 5.74) is 0.572. The van der Waals surface area contributed by atoms with Gasteiger partial charge >= 0.3 is 12.1 Å². The second kappa shape index (κ2) is 4.87. The summed E-state index contributed by atoms with van der Waals surface area (Å²) >= 11 is 0. The number of ether oxygens (including phenoxy) is 2. The molecule has 0 aromatic heterocycles. The van der Waals surface area contributed by atoms with E-state index in [0.29, 0.717) is 5.56 Å². The highest BCUT2D eigenvalue weighted by molar-refractivity contribution is 6.02.